The number of nitrogens with zero attached hydrogens (tertiary/aromatic N) is 1. The third-order valence-electron chi connectivity index (χ3n) is 4.07. The maximum atomic E-state index is 12.6. The quantitative estimate of drug-likeness (QED) is 0.619. The molecule has 7 nitrogen and oxygen atoms in total. The number of anilines is 1. The third kappa shape index (κ3) is 3.01. The Morgan fingerprint density at radius 2 is 2.05 bits per heavy atom. The highest BCUT2D eigenvalue weighted by Gasteiger charge is 2.39. The molecule has 1 fully saturated rings. The van der Waals surface area contributed by atoms with Gasteiger partial charge in [-0.3, -0.25) is 10.1 Å². The predicted octanol–water partition coefficient (Wildman–Crippen LogP) is 2.25. The minimum atomic E-state index is -3.81. The van der Waals surface area contributed by atoms with E-state index in [0.29, 0.717) is 12.1 Å². The Kier molecular flexibility index (Phi) is 4.20. The number of nitro benzene ring substituents is 1. The van der Waals surface area contributed by atoms with Gasteiger partial charge in [0.15, 0.2) is 0 Å². The summed E-state index contributed by atoms with van der Waals surface area (Å²) in [6.45, 7) is 1.94. The predicted molar refractivity (Wildman–Crippen MR) is 79.8 cm³/mol. The van der Waals surface area contributed by atoms with E-state index in [1.54, 1.807) is 7.05 Å². The Bertz CT molecular complexity index is 648. The van der Waals surface area contributed by atoms with Crippen molar-refractivity contribution >= 4 is 21.4 Å². The summed E-state index contributed by atoms with van der Waals surface area (Å²) in [6, 6.07) is 3.78. The summed E-state index contributed by atoms with van der Waals surface area (Å²) in [4.78, 5) is 10.2. The van der Waals surface area contributed by atoms with Crippen molar-refractivity contribution in [3.8, 4) is 0 Å². The Balaban J connectivity index is 2.43. The van der Waals surface area contributed by atoms with Crippen molar-refractivity contribution in [3.05, 3.63) is 28.3 Å². The van der Waals surface area contributed by atoms with Gasteiger partial charge in [0.25, 0.3) is 5.69 Å². The van der Waals surface area contributed by atoms with Gasteiger partial charge in [-0.1, -0.05) is 6.92 Å². The normalized spacial score (nSPS) is 17.0. The lowest BCUT2D eigenvalue weighted by Gasteiger charge is -2.41. The van der Waals surface area contributed by atoms with E-state index in [2.05, 4.69) is 10.0 Å². The van der Waals surface area contributed by atoms with Crippen LogP contribution in [0.4, 0.5) is 11.4 Å². The van der Waals surface area contributed by atoms with Crippen LogP contribution in [-0.2, 0) is 10.0 Å². The molecule has 0 heterocycles. The lowest BCUT2D eigenvalue weighted by molar-refractivity contribution is -0.385. The number of hydrogen-bond donors (Lipinski definition) is 2. The van der Waals surface area contributed by atoms with Crippen molar-refractivity contribution in [2.24, 2.45) is 0 Å². The van der Waals surface area contributed by atoms with E-state index in [9.17, 15) is 18.5 Å². The first kappa shape index (κ1) is 15.7. The van der Waals surface area contributed by atoms with Gasteiger partial charge in [-0.05, 0) is 31.7 Å². The summed E-state index contributed by atoms with van der Waals surface area (Å²) in [5.74, 6) is 0. The van der Waals surface area contributed by atoms with Crippen LogP contribution in [0.1, 0.15) is 32.6 Å². The Hall–Kier alpha value is -1.67. The lowest BCUT2D eigenvalue weighted by atomic mass is 9.76. The second-order valence-corrected chi connectivity index (χ2v) is 6.93. The highest BCUT2D eigenvalue weighted by molar-refractivity contribution is 7.89. The maximum absolute atomic E-state index is 12.6. The summed E-state index contributed by atoms with van der Waals surface area (Å²) in [6.07, 6.45) is 3.29. The molecule has 1 aromatic rings. The number of sulfonamides is 1. The smallest absolute Gasteiger partial charge is 0.270 e. The number of benzene rings is 1. The van der Waals surface area contributed by atoms with E-state index in [4.69, 9.17) is 0 Å². The van der Waals surface area contributed by atoms with Crippen LogP contribution in [0, 0.1) is 10.1 Å². The highest BCUT2D eigenvalue weighted by Crippen LogP contribution is 2.37. The van der Waals surface area contributed by atoms with Gasteiger partial charge in [0, 0.05) is 24.7 Å². The van der Waals surface area contributed by atoms with Crippen LogP contribution in [-0.4, -0.2) is 25.9 Å². The summed E-state index contributed by atoms with van der Waals surface area (Å²) in [5, 5.41) is 13.6. The van der Waals surface area contributed by atoms with Crippen molar-refractivity contribution in [1.82, 2.24) is 4.72 Å². The van der Waals surface area contributed by atoms with E-state index in [1.165, 1.54) is 12.1 Å². The van der Waals surface area contributed by atoms with Gasteiger partial charge in [0.05, 0.1) is 10.6 Å². The number of nitro groups is 1. The largest absolute Gasteiger partial charge is 0.387 e. The van der Waals surface area contributed by atoms with E-state index in [1.807, 2.05) is 6.92 Å². The standard InChI is InChI=1S/C13H19N3O4S/c1-3-13(7-4-8-13)15-21(19,20)12-9-10(16(17)18)5-6-11(12)14-2/h5-6,9,14-15H,3-4,7-8H2,1-2H3. The molecular weight excluding hydrogens is 294 g/mol. The minimum absolute atomic E-state index is 0.0843. The molecule has 0 bridgehead atoms. The molecule has 0 unspecified atom stereocenters. The first-order chi connectivity index (χ1) is 9.83. The molecule has 0 radical (unpaired) electrons. The Labute approximate surface area is 123 Å². The van der Waals surface area contributed by atoms with Crippen molar-refractivity contribution in [2.75, 3.05) is 12.4 Å². The molecule has 116 valence electrons. The maximum Gasteiger partial charge on any atom is 0.270 e. The average molecular weight is 313 g/mol. The van der Waals surface area contributed by atoms with Crippen molar-refractivity contribution < 1.29 is 13.3 Å². The van der Waals surface area contributed by atoms with Crippen LogP contribution in [0.5, 0.6) is 0 Å². The second-order valence-electron chi connectivity index (χ2n) is 5.28. The van der Waals surface area contributed by atoms with E-state index in [0.717, 1.165) is 25.3 Å². The van der Waals surface area contributed by atoms with Gasteiger partial charge in [-0.2, -0.15) is 0 Å². The first-order valence-corrected chi connectivity index (χ1v) is 8.32. The monoisotopic (exact) mass is 313 g/mol. The van der Waals surface area contributed by atoms with E-state index < -0.39 is 20.5 Å². The highest BCUT2D eigenvalue weighted by atomic mass is 32.2. The molecule has 8 heteroatoms. The number of non-ortho nitro benzene ring substituents is 1. The van der Waals surface area contributed by atoms with E-state index >= 15 is 0 Å². The fraction of sp³-hybridized carbons (Fsp3) is 0.538. The zero-order valence-electron chi connectivity index (χ0n) is 12.0. The zero-order chi connectivity index (χ0) is 15.7. The molecule has 21 heavy (non-hydrogen) atoms. The van der Waals surface area contributed by atoms with Gasteiger partial charge >= 0.3 is 0 Å². The molecule has 0 atom stereocenters. The van der Waals surface area contributed by atoms with E-state index in [-0.39, 0.29) is 10.6 Å². The molecule has 1 aromatic carbocycles. The lowest BCUT2D eigenvalue weighted by Crippen LogP contribution is -2.52. The average Bonchev–Trinajstić information content (AvgIpc) is 2.42. The van der Waals surface area contributed by atoms with Gasteiger partial charge in [0.2, 0.25) is 10.0 Å². The summed E-state index contributed by atoms with van der Waals surface area (Å²) >= 11 is 0. The fourth-order valence-electron chi connectivity index (χ4n) is 2.52. The molecule has 2 N–H and O–H groups in total. The molecule has 1 aliphatic rings. The van der Waals surface area contributed by atoms with Crippen molar-refractivity contribution in [2.45, 2.75) is 43.0 Å². The van der Waals surface area contributed by atoms with Crippen LogP contribution in [0.25, 0.3) is 0 Å². The van der Waals surface area contributed by atoms with Crippen LogP contribution in [0.2, 0.25) is 0 Å². The number of hydrogen-bond acceptors (Lipinski definition) is 5. The number of nitrogens with one attached hydrogen (secondary N) is 2. The summed E-state index contributed by atoms with van der Waals surface area (Å²) < 4.78 is 27.9. The summed E-state index contributed by atoms with van der Waals surface area (Å²) in [5.41, 5.74) is -0.304. The van der Waals surface area contributed by atoms with Gasteiger partial charge in [-0.15, -0.1) is 0 Å². The first-order valence-electron chi connectivity index (χ1n) is 6.84. The Morgan fingerprint density at radius 3 is 2.48 bits per heavy atom. The molecule has 1 aliphatic carbocycles. The third-order valence-corrected chi connectivity index (χ3v) is 5.69. The molecule has 1 saturated carbocycles. The van der Waals surface area contributed by atoms with Gasteiger partial charge in [0.1, 0.15) is 4.90 Å². The molecule has 0 saturated heterocycles. The molecule has 0 spiro atoms. The van der Waals surface area contributed by atoms with Crippen molar-refractivity contribution in [3.63, 3.8) is 0 Å². The summed E-state index contributed by atoms with van der Waals surface area (Å²) in [7, 11) is -2.22. The SMILES string of the molecule is CCC1(NS(=O)(=O)c2cc([N+](=O)[O-])ccc2NC)CCC1. The van der Waals surface area contributed by atoms with Gasteiger partial charge < -0.3 is 5.32 Å². The molecular formula is C13H19N3O4S. The van der Waals surface area contributed by atoms with Crippen LogP contribution in [0.3, 0.4) is 0 Å². The molecule has 0 amide bonds. The molecule has 2 rings (SSSR count). The molecule has 0 aliphatic heterocycles. The molecule has 0 aromatic heterocycles. The topological polar surface area (TPSA) is 101 Å². The fourth-order valence-corrected chi connectivity index (χ4v) is 4.29. The zero-order valence-corrected chi connectivity index (χ0v) is 12.9. The van der Waals surface area contributed by atoms with Crippen molar-refractivity contribution in [1.29, 1.82) is 0 Å². The number of rotatable bonds is 6. The van der Waals surface area contributed by atoms with Crippen LogP contribution < -0.4 is 10.0 Å². The van der Waals surface area contributed by atoms with Crippen LogP contribution >= 0.6 is 0 Å². The minimum Gasteiger partial charge on any atom is -0.387 e. The Morgan fingerprint density at radius 1 is 1.38 bits per heavy atom. The van der Waals surface area contributed by atoms with Gasteiger partial charge in [-0.25, -0.2) is 13.1 Å². The van der Waals surface area contributed by atoms with Crippen LogP contribution in [0.15, 0.2) is 23.1 Å². The second kappa shape index (κ2) is 5.61.